The zero-order chi connectivity index (χ0) is 28.6. The zero-order valence-electron chi connectivity index (χ0n) is 23.9. The van der Waals surface area contributed by atoms with Crippen LogP contribution in [0.2, 0.25) is 0 Å². The Hall–Kier alpha value is -4.85. The predicted molar refractivity (Wildman–Crippen MR) is 141 cm³/mol. The molecule has 3 heterocycles. The quantitative estimate of drug-likeness (QED) is 0.327. The molecule has 8 heteroatoms. The van der Waals surface area contributed by atoms with Crippen molar-refractivity contribution in [2.24, 2.45) is 0 Å². The molecule has 0 radical (unpaired) electrons. The van der Waals surface area contributed by atoms with E-state index in [9.17, 15) is 4.79 Å². The van der Waals surface area contributed by atoms with Crippen LogP contribution in [-0.4, -0.2) is 30.4 Å². The summed E-state index contributed by atoms with van der Waals surface area (Å²) in [5.41, 5.74) is 5.54. The molecular formula is C28H25N7O. The number of imidazole rings is 1. The first kappa shape index (κ1) is 18.5. The number of pyridine rings is 1. The number of amides is 1. The first-order valence-electron chi connectivity index (χ1n) is 13.2. The summed E-state index contributed by atoms with van der Waals surface area (Å²) in [6.45, 7) is 5.75. The van der Waals surface area contributed by atoms with E-state index in [2.05, 4.69) is 30.6 Å². The first-order valence-corrected chi connectivity index (χ1v) is 11.2. The van der Waals surface area contributed by atoms with E-state index in [1.54, 1.807) is 18.5 Å². The highest BCUT2D eigenvalue weighted by molar-refractivity contribution is 6.05. The Morgan fingerprint density at radius 2 is 1.94 bits per heavy atom. The maximum atomic E-state index is 13.2. The average molecular weight is 480 g/mol. The Kier molecular flexibility index (Phi) is 5.03. The van der Waals surface area contributed by atoms with Crippen LogP contribution in [0.1, 0.15) is 32.7 Å². The van der Waals surface area contributed by atoms with Crippen molar-refractivity contribution in [2.45, 2.75) is 20.8 Å². The van der Waals surface area contributed by atoms with Gasteiger partial charge in [-0.3, -0.25) is 9.78 Å². The van der Waals surface area contributed by atoms with Gasteiger partial charge in [0.2, 0.25) is 5.95 Å². The monoisotopic (exact) mass is 479 g/mol. The second-order valence-corrected chi connectivity index (χ2v) is 8.31. The van der Waals surface area contributed by atoms with Gasteiger partial charge in [0.05, 0.1) is 23.2 Å². The minimum absolute atomic E-state index is 0.0414. The average Bonchev–Trinajstić information content (AvgIpc) is 3.35. The van der Waals surface area contributed by atoms with E-state index in [1.807, 2.05) is 55.8 Å². The second-order valence-electron chi connectivity index (χ2n) is 8.31. The van der Waals surface area contributed by atoms with Gasteiger partial charge < -0.3 is 15.2 Å². The zero-order valence-corrected chi connectivity index (χ0v) is 19.9. The van der Waals surface area contributed by atoms with Crippen LogP contribution >= 0.6 is 0 Å². The van der Waals surface area contributed by atoms with Gasteiger partial charge in [-0.15, -0.1) is 0 Å². The van der Waals surface area contributed by atoms with E-state index in [1.165, 1.54) is 12.3 Å². The highest BCUT2D eigenvalue weighted by Crippen LogP contribution is 2.24. The Labute approximate surface area is 214 Å². The van der Waals surface area contributed by atoms with Gasteiger partial charge in [-0.25, -0.2) is 15.0 Å². The summed E-state index contributed by atoms with van der Waals surface area (Å²) in [5.74, 6) is -0.115. The standard InChI is InChI=1S/C28H25N7O/c1-18-11-23(14-24(12-18)35-16-20(3)31-17-35)32-27(36)21-7-6-19(2)26(13-21)34-28-30-10-8-25(33-28)22-5-4-9-29-15-22/h4-17H,1-3H3,(H,32,36)(H,30,33,34)/i4D,5D,9D,15D. The Bertz CT molecular complexity index is 1770. The van der Waals surface area contributed by atoms with Gasteiger partial charge in [-0.1, -0.05) is 6.07 Å². The number of aryl methyl sites for hydroxylation is 3. The van der Waals surface area contributed by atoms with Gasteiger partial charge in [0.15, 0.2) is 0 Å². The third-order valence-corrected chi connectivity index (χ3v) is 5.45. The molecule has 0 saturated heterocycles. The molecule has 2 N–H and O–H groups in total. The molecule has 5 rings (SSSR count). The number of benzene rings is 2. The number of hydrogen-bond donors (Lipinski definition) is 2. The van der Waals surface area contributed by atoms with Crippen molar-refractivity contribution < 1.29 is 10.3 Å². The predicted octanol–water partition coefficient (Wildman–Crippen LogP) is 5.65. The molecule has 0 atom stereocenters. The molecule has 0 fully saturated rings. The molecule has 178 valence electrons. The fourth-order valence-corrected chi connectivity index (χ4v) is 3.68. The van der Waals surface area contributed by atoms with Crippen LogP contribution in [0, 0.1) is 20.8 Å². The van der Waals surface area contributed by atoms with Crippen LogP contribution in [0.15, 0.2) is 85.6 Å². The number of rotatable bonds is 6. The van der Waals surface area contributed by atoms with Crippen LogP contribution < -0.4 is 10.6 Å². The number of anilines is 3. The number of nitrogens with one attached hydrogen (secondary N) is 2. The molecule has 0 spiro atoms. The summed E-state index contributed by atoms with van der Waals surface area (Å²) >= 11 is 0. The van der Waals surface area contributed by atoms with Crippen molar-refractivity contribution in [2.75, 3.05) is 10.6 Å². The minimum Gasteiger partial charge on any atom is -0.324 e. The normalized spacial score (nSPS) is 12.3. The van der Waals surface area contributed by atoms with Crippen molar-refractivity contribution in [1.82, 2.24) is 24.5 Å². The highest BCUT2D eigenvalue weighted by atomic mass is 16.1. The molecule has 0 unspecified atom stereocenters. The summed E-state index contributed by atoms with van der Waals surface area (Å²) < 4.78 is 33.7. The van der Waals surface area contributed by atoms with Gasteiger partial charge in [-0.2, -0.15) is 0 Å². The molecule has 3 aromatic heterocycles. The Balaban J connectivity index is 1.40. The van der Waals surface area contributed by atoms with E-state index in [0.29, 0.717) is 16.9 Å². The maximum Gasteiger partial charge on any atom is 0.255 e. The largest absolute Gasteiger partial charge is 0.324 e. The summed E-state index contributed by atoms with van der Waals surface area (Å²) in [6.07, 6.45) is 4.36. The summed E-state index contributed by atoms with van der Waals surface area (Å²) in [5, 5.41) is 6.08. The van der Waals surface area contributed by atoms with Crippen LogP contribution in [0.3, 0.4) is 0 Å². The lowest BCUT2D eigenvalue weighted by atomic mass is 10.1. The number of nitrogens with zero attached hydrogens (tertiary/aromatic N) is 5. The van der Waals surface area contributed by atoms with Crippen LogP contribution in [0.25, 0.3) is 16.9 Å². The van der Waals surface area contributed by atoms with Crippen LogP contribution in [0.5, 0.6) is 0 Å². The SMILES string of the molecule is [2H]c1nc([2H])c(-c2ccnc(Nc3cc(C(=O)Nc4cc(C)cc(-n5cnc(C)c5)c4)ccc3C)n2)c([2H])c1[2H]. The van der Waals surface area contributed by atoms with Crippen molar-refractivity contribution in [3.8, 4) is 16.9 Å². The maximum absolute atomic E-state index is 13.2. The molecule has 36 heavy (non-hydrogen) atoms. The number of carbonyl (C=O) groups is 1. The summed E-state index contributed by atoms with van der Waals surface area (Å²) in [6, 6.07) is 11.8. The second kappa shape index (κ2) is 9.79. The topological polar surface area (TPSA) is 97.6 Å². The van der Waals surface area contributed by atoms with Crippen molar-refractivity contribution in [3.63, 3.8) is 0 Å². The van der Waals surface area contributed by atoms with E-state index >= 15 is 0 Å². The van der Waals surface area contributed by atoms with E-state index in [4.69, 9.17) is 5.48 Å². The molecule has 2 aromatic carbocycles. The molecule has 1 amide bonds. The molecule has 0 bridgehead atoms. The Morgan fingerprint density at radius 3 is 2.78 bits per heavy atom. The molecule has 0 aliphatic rings. The Morgan fingerprint density at radius 1 is 1.06 bits per heavy atom. The van der Waals surface area contributed by atoms with E-state index in [0.717, 1.165) is 22.5 Å². The number of carbonyl (C=O) groups excluding carboxylic acids is 1. The molecule has 0 aliphatic carbocycles. The van der Waals surface area contributed by atoms with Crippen LogP contribution in [0.4, 0.5) is 17.3 Å². The molecule has 8 nitrogen and oxygen atoms in total. The number of aromatic nitrogens is 5. The van der Waals surface area contributed by atoms with Gasteiger partial charge in [0.25, 0.3) is 5.91 Å². The fraction of sp³-hybridized carbons (Fsp3) is 0.107. The fourth-order valence-electron chi connectivity index (χ4n) is 3.68. The lowest BCUT2D eigenvalue weighted by molar-refractivity contribution is 0.102. The third-order valence-electron chi connectivity index (χ3n) is 5.45. The van der Waals surface area contributed by atoms with Gasteiger partial charge in [0.1, 0.15) is 0 Å². The first-order chi connectivity index (χ1) is 19.1. The van der Waals surface area contributed by atoms with E-state index < -0.39 is 6.17 Å². The van der Waals surface area contributed by atoms with Gasteiger partial charge >= 0.3 is 0 Å². The van der Waals surface area contributed by atoms with Gasteiger partial charge in [-0.05, 0) is 80.4 Å². The molecule has 5 aromatic rings. The number of hydrogen-bond acceptors (Lipinski definition) is 6. The lowest BCUT2D eigenvalue weighted by Crippen LogP contribution is -2.13. The molecular weight excluding hydrogens is 450 g/mol. The van der Waals surface area contributed by atoms with E-state index in [-0.39, 0.29) is 41.4 Å². The van der Waals surface area contributed by atoms with Crippen molar-refractivity contribution >= 4 is 23.2 Å². The molecule has 0 aliphatic heterocycles. The lowest BCUT2D eigenvalue weighted by Gasteiger charge is -2.13. The van der Waals surface area contributed by atoms with Crippen LogP contribution in [-0.2, 0) is 0 Å². The summed E-state index contributed by atoms with van der Waals surface area (Å²) in [4.78, 5) is 29.8. The minimum atomic E-state index is -0.435. The van der Waals surface area contributed by atoms with Gasteiger partial charge in [0, 0.05) is 52.9 Å². The summed E-state index contributed by atoms with van der Waals surface area (Å²) in [7, 11) is 0. The third kappa shape index (κ3) is 5.12. The highest BCUT2D eigenvalue weighted by Gasteiger charge is 2.12. The van der Waals surface area contributed by atoms with Crippen molar-refractivity contribution in [3.05, 3.63) is 108 Å². The van der Waals surface area contributed by atoms with Crippen molar-refractivity contribution in [1.29, 1.82) is 0 Å². The molecule has 0 saturated carbocycles. The smallest absolute Gasteiger partial charge is 0.255 e.